The molecule has 0 radical (unpaired) electrons. The number of hydrogen-bond acceptors (Lipinski definition) is 4. The molecule has 3 aromatic carbocycles. The van der Waals surface area contributed by atoms with Gasteiger partial charge in [-0.3, -0.25) is 0 Å². The third-order valence-electron chi connectivity index (χ3n) is 9.34. The molecule has 0 spiro atoms. The second-order valence-electron chi connectivity index (χ2n) is 14.1. The third kappa shape index (κ3) is 15.4. The molecule has 0 N–H and O–H groups in total. The number of unbranched alkanes of at least 4 members (excludes halogenated alkanes) is 10. The predicted octanol–water partition coefficient (Wildman–Crippen LogP) is 11.8. The van der Waals surface area contributed by atoms with Crippen LogP contribution < -0.4 is 4.74 Å². The van der Waals surface area contributed by atoms with Crippen molar-refractivity contribution in [2.24, 2.45) is 0 Å². The zero-order valence-corrected chi connectivity index (χ0v) is 29.7. The summed E-state index contributed by atoms with van der Waals surface area (Å²) in [7, 11) is 0. The summed E-state index contributed by atoms with van der Waals surface area (Å²) in [6.07, 6.45) is 20.4. The van der Waals surface area contributed by atoms with E-state index in [1.54, 1.807) is 0 Å². The topological polar surface area (TPSA) is 36.9 Å². The standard InChI is InChI=1S/C43H62O4/c1-4-5-6-7-8-9-10-11-12-13-20-25-41-33-42(47-43(2,3)46-41)32-40(45-35-38-23-18-15-19-24-38)31-28-36-26-29-39(30-27-36)44-34-37-21-16-14-17-22-37/h14-19,21-24,26-27,29-30,40-42H,4-13,20,25,28,31-35H2,1-3H3/t40-,41-,42+/m1/s1. The molecule has 258 valence electrons. The Balaban J connectivity index is 1.23. The molecule has 1 fully saturated rings. The first-order valence-corrected chi connectivity index (χ1v) is 18.8. The van der Waals surface area contributed by atoms with Crippen molar-refractivity contribution < 1.29 is 18.9 Å². The number of hydrogen-bond donors (Lipinski definition) is 0. The van der Waals surface area contributed by atoms with E-state index in [0.717, 1.165) is 37.9 Å². The Bertz CT molecular complexity index is 1190. The fraction of sp³-hybridized carbons (Fsp3) is 0.581. The van der Waals surface area contributed by atoms with Gasteiger partial charge in [0.05, 0.1) is 24.9 Å². The Morgan fingerprint density at radius 3 is 1.81 bits per heavy atom. The lowest BCUT2D eigenvalue weighted by atomic mass is 9.96. The van der Waals surface area contributed by atoms with Crippen LogP contribution in [0.25, 0.3) is 0 Å². The minimum absolute atomic E-state index is 0.103. The molecular formula is C43H62O4. The van der Waals surface area contributed by atoms with Crippen LogP contribution in [0.15, 0.2) is 84.9 Å². The summed E-state index contributed by atoms with van der Waals surface area (Å²) >= 11 is 0. The lowest BCUT2D eigenvalue weighted by Crippen LogP contribution is -2.45. The molecule has 4 nitrogen and oxygen atoms in total. The summed E-state index contributed by atoms with van der Waals surface area (Å²) in [5.41, 5.74) is 3.68. The van der Waals surface area contributed by atoms with Gasteiger partial charge in [-0.2, -0.15) is 0 Å². The Hall–Kier alpha value is -2.66. The van der Waals surface area contributed by atoms with Crippen molar-refractivity contribution in [3.8, 4) is 5.75 Å². The van der Waals surface area contributed by atoms with Gasteiger partial charge in [0, 0.05) is 12.8 Å². The van der Waals surface area contributed by atoms with Crippen LogP contribution in [0.2, 0.25) is 0 Å². The van der Waals surface area contributed by atoms with E-state index in [1.165, 1.54) is 87.3 Å². The largest absolute Gasteiger partial charge is 0.489 e. The van der Waals surface area contributed by atoms with Gasteiger partial charge >= 0.3 is 0 Å². The van der Waals surface area contributed by atoms with Crippen molar-refractivity contribution in [1.82, 2.24) is 0 Å². The van der Waals surface area contributed by atoms with E-state index >= 15 is 0 Å². The highest BCUT2D eigenvalue weighted by molar-refractivity contribution is 5.28. The van der Waals surface area contributed by atoms with E-state index in [0.29, 0.717) is 13.2 Å². The molecule has 4 rings (SSSR count). The van der Waals surface area contributed by atoms with Crippen LogP contribution in [0.1, 0.15) is 134 Å². The smallest absolute Gasteiger partial charge is 0.163 e. The van der Waals surface area contributed by atoms with Crippen molar-refractivity contribution in [2.75, 3.05) is 0 Å². The van der Waals surface area contributed by atoms with Gasteiger partial charge < -0.3 is 18.9 Å². The normalized spacial score (nSPS) is 18.2. The van der Waals surface area contributed by atoms with Gasteiger partial charge in [0.15, 0.2) is 5.79 Å². The van der Waals surface area contributed by atoms with Crippen LogP contribution in [0, 0.1) is 0 Å². The van der Waals surface area contributed by atoms with Gasteiger partial charge in [0.2, 0.25) is 0 Å². The average molecular weight is 643 g/mol. The molecule has 0 aliphatic carbocycles. The second kappa shape index (κ2) is 21.3. The molecule has 0 unspecified atom stereocenters. The number of aryl methyl sites for hydroxylation is 1. The average Bonchev–Trinajstić information content (AvgIpc) is 3.08. The van der Waals surface area contributed by atoms with Crippen LogP contribution in [-0.4, -0.2) is 24.1 Å². The Labute approximate surface area is 286 Å². The first-order valence-electron chi connectivity index (χ1n) is 18.8. The summed E-state index contributed by atoms with van der Waals surface area (Å²) < 4.78 is 25.5. The summed E-state index contributed by atoms with van der Waals surface area (Å²) in [4.78, 5) is 0. The van der Waals surface area contributed by atoms with E-state index in [9.17, 15) is 0 Å². The molecule has 1 heterocycles. The van der Waals surface area contributed by atoms with Crippen LogP contribution >= 0.6 is 0 Å². The van der Waals surface area contributed by atoms with Gasteiger partial charge in [0.1, 0.15) is 12.4 Å². The lowest BCUT2D eigenvalue weighted by molar-refractivity contribution is -0.304. The van der Waals surface area contributed by atoms with Crippen molar-refractivity contribution in [2.45, 2.75) is 161 Å². The molecule has 1 aliphatic heterocycles. The minimum atomic E-state index is -0.565. The highest BCUT2D eigenvalue weighted by Gasteiger charge is 2.36. The molecule has 0 bridgehead atoms. The maximum atomic E-state index is 6.59. The fourth-order valence-electron chi connectivity index (χ4n) is 6.75. The van der Waals surface area contributed by atoms with Crippen molar-refractivity contribution in [1.29, 1.82) is 0 Å². The van der Waals surface area contributed by atoms with Crippen LogP contribution in [0.3, 0.4) is 0 Å². The Kier molecular flexibility index (Phi) is 16.9. The Morgan fingerprint density at radius 2 is 1.19 bits per heavy atom. The van der Waals surface area contributed by atoms with E-state index < -0.39 is 5.79 Å². The molecule has 0 amide bonds. The number of ether oxygens (including phenoxy) is 4. The molecule has 0 aromatic heterocycles. The molecule has 3 atom stereocenters. The van der Waals surface area contributed by atoms with Crippen LogP contribution in [0.5, 0.6) is 5.75 Å². The molecule has 47 heavy (non-hydrogen) atoms. The molecule has 1 aliphatic rings. The van der Waals surface area contributed by atoms with E-state index in [-0.39, 0.29) is 18.3 Å². The highest BCUT2D eigenvalue weighted by Crippen LogP contribution is 2.33. The molecule has 3 aromatic rings. The number of benzene rings is 3. The molecular weight excluding hydrogens is 580 g/mol. The summed E-state index contributed by atoms with van der Waals surface area (Å²) in [5, 5.41) is 0. The maximum absolute atomic E-state index is 6.59. The van der Waals surface area contributed by atoms with E-state index in [2.05, 4.69) is 87.5 Å². The summed E-state index contributed by atoms with van der Waals surface area (Å²) in [5.74, 6) is 0.335. The van der Waals surface area contributed by atoms with Gasteiger partial charge in [-0.15, -0.1) is 0 Å². The van der Waals surface area contributed by atoms with Gasteiger partial charge in [-0.05, 0) is 61.9 Å². The van der Waals surface area contributed by atoms with E-state index in [4.69, 9.17) is 18.9 Å². The quantitative estimate of drug-likeness (QED) is 0.0965. The third-order valence-corrected chi connectivity index (χ3v) is 9.34. The fourth-order valence-corrected chi connectivity index (χ4v) is 6.75. The summed E-state index contributed by atoms with van der Waals surface area (Å²) in [6.45, 7) is 7.64. The SMILES string of the molecule is CCCCCCCCCCCCC[C@@H]1C[C@H](C[C@@H](CCc2ccc(OCc3ccccc3)cc2)OCc2ccccc2)OC(C)(C)O1. The lowest BCUT2D eigenvalue weighted by Gasteiger charge is -2.42. The zero-order valence-electron chi connectivity index (χ0n) is 29.7. The van der Waals surface area contributed by atoms with E-state index in [1.807, 2.05) is 18.2 Å². The molecule has 0 saturated carbocycles. The van der Waals surface area contributed by atoms with Gasteiger partial charge in [0.25, 0.3) is 0 Å². The van der Waals surface area contributed by atoms with Gasteiger partial charge in [-0.25, -0.2) is 0 Å². The molecule has 1 saturated heterocycles. The first kappa shape index (κ1) is 37.2. The van der Waals surface area contributed by atoms with Crippen molar-refractivity contribution in [3.05, 3.63) is 102 Å². The molecule has 4 heteroatoms. The minimum Gasteiger partial charge on any atom is -0.489 e. The monoisotopic (exact) mass is 642 g/mol. The van der Waals surface area contributed by atoms with Crippen LogP contribution in [-0.2, 0) is 33.8 Å². The van der Waals surface area contributed by atoms with Crippen LogP contribution in [0.4, 0.5) is 0 Å². The highest BCUT2D eigenvalue weighted by atomic mass is 16.7. The zero-order chi connectivity index (χ0) is 33.0. The summed E-state index contributed by atoms with van der Waals surface area (Å²) in [6, 6.07) is 29.4. The van der Waals surface area contributed by atoms with Crippen molar-refractivity contribution >= 4 is 0 Å². The first-order chi connectivity index (χ1) is 23.0. The maximum Gasteiger partial charge on any atom is 0.163 e. The predicted molar refractivity (Wildman–Crippen MR) is 195 cm³/mol. The number of rotatable bonds is 23. The van der Waals surface area contributed by atoms with Crippen molar-refractivity contribution in [3.63, 3.8) is 0 Å². The second-order valence-corrected chi connectivity index (χ2v) is 14.1. The van der Waals surface area contributed by atoms with Gasteiger partial charge in [-0.1, -0.05) is 150 Å². The Morgan fingerprint density at radius 1 is 0.638 bits per heavy atom.